The molecule has 0 aliphatic carbocycles. The lowest BCUT2D eigenvalue weighted by molar-refractivity contribution is -0.136. The molecule has 6 atom stereocenters. The first-order chi connectivity index (χ1) is 30.4. The van der Waals surface area contributed by atoms with Gasteiger partial charge in [-0.25, -0.2) is 9.78 Å². The third kappa shape index (κ3) is 19.6. The number of aliphatic hydroxyl groups is 2. The molecule has 64 heavy (non-hydrogen) atoms. The van der Waals surface area contributed by atoms with Crippen molar-refractivity contribution in [1.29, 1.82) is 0 Å². The second-order valence-corrected chi connectivity index (χ2v) is 15.7. The van der Waals surface area contributed by atoms with Crippen LogP contribution in [0, 0.1) is 5.92 Å². The molecule has 1 aliphatic rings. The maximum absolute atomic E-state index is 13.8. The van der Waals surface area contributed by atoms with Crippen molar-refractivity contribution >= 4 is 53.3 Å². The van der Waals surface area contributed by atoms with Crippen molar-refractivity contribution in [1.82, 2.24) is 57.0 Å². The molecule has 1 unspecified atom stereocenters. The highest BCUT2D eigenvalue weighted by Crippen LogP contribution is 2.10. The number of amides is 10. The molecule has 1 aliphatic heterocycles. The molecule has 1 saturated heterocycles. The number of aromatic nitrogens is 2. The summed E-state index contributed by atoms with van der Waals surface area (Å²) in [6.07, 6.45) is 3.25. The van der Waals surface area contributed by atoms with E-state index in [1.807, 2.05) is 0 Å². The minimum absolute atomic E-state index is 0.0120. The number of hydrogen-bond donors (Lipinski definition) is 12. The Bertz CT molecular complexity index is 1690. The SMILES string of the molecule is CC(=O)N(C)CCNC(=O)C(CCC(N)=O)NC(=O)[C@H](CC(C)C)NC(=O)[C@H](CCCCN)NC(=O)[C@H](CO)NC(=O)[C@H](CO)NC(=O)[C@H](Cc1c[nH]cn1)NC(=O)N1CCOCC1. The van der Waals surface area contributed by atoms with Gasteiger partial charge in [0.15, 0.2) is 0 Å². The van der Waals surface area contributed by atoms with Gasteiger partial charge in [0.25, 0.3) is 0 Å². The van der Waals surface area contributed by atoms with Crippen LogP contribution in [-0.2, 0) is 49.5 Å². The van der Waals surface area contributed by atoms with E-state index in [0.717, 1.165) is 0 Å². The lowest BCUT2D eigenvalue weighted by Crippen LogP contribution is -2.61. The molecule has 0 saturated carbocycles. The molecule has 360 valence electrons. The summed E-state index contributed by atoms with van der Waals surface area (Å²) in [5.74, 6) is -6.34. The predicted octanol–water partition coefficient (Wildman–Crippen LogP) is -5.19. The van der Waals surface area contributed by atoms with E-state index in [1.54, 1.807) is 20.9 Å². The lowest BCUT2D eigenvalue weighted by atomic mass is 10.0. The molecule has 25 heteroatoms. The van der Waals surface area contributed by atoms with Crippen LogP contribution in [0.15, 0.2) is 12.5 Å². The number of nitrogens with zero attached hydrogens (tertiary/aromatic N) is 3. The van der Waals surface area contributed by atoms with Crippen molar-refractivity contribution in [3.05, 3.63) is 18.2 Å². The summed E-state index contributed by atoms with van der Waals surface area (Å²) >= 11 is 0. The molecule has 1 aromatic heterocycles. The second-order valence-electron chi connectivity index (χ2n) is 15.7. The fourth-order valence-electron chi connectivity index (χ4n) is 6.22. The molecule has 1 aromatic rings. The maximum atomic E-state index is 13.8. The van der Waals surface area contributed by atoms with E-state index in [9.17, 15) is 53.4 Å². The number of likely N-dealkylation sites (N-methyl/N-ethyl adjacent to an activating group) is 1. The van der Waals surface area contributed by atoms with Crippen LogP contribution in [0.1, 0.15) is 65.0 Å². The Morgan fingerprint density at radius 2 is 1.31 bits per heavy atom. The first-order valence-corrected chi connectivity index (χ1v) is 21.2. The van der Waals surface area contributed by atoms with Gasteiger partial charge in [-0.2, -0.15) is 0 Å². The summed E-state index contributed by atoms with van der Waals surface area (Å²) in [6, 6.07) is -8.99. The molecular weight excluding hydrogens is 843 g/mol. The zero-order valence-electron chi connectivity index (χ0n) is 37.0. The first-order valence-electron chi connectivity index (χ1n) is 21.2. The molecule has 0 radical (unpaired) electrons. The van der Waals surface area contributed by atoms with Gasteiger partial charge in [-0.3, -0.25) is 38.4 Å². The molecule has 2 heterocycles. The number of urea groups is 1. The molecule has 10 amide bonds. The number of hydrogen-bond acceptors (Lipinski definition) is 14. The van der Waals surface area contributed by atoms with Gasteiger partial charge in [-0.15, -0.1) is 0 Å². The molecule has 2 rings (SSSR count). The minimum atomic E-state index is -1.70. The number of H-pyrrole nitrogens is 1. The van der Waals surface area contributed by atoms with Gasteiger partial charge in [0.05, 0.1) is 38.4 Å². The third-order valence-electron chi connectivity index (χ3n) is 10.0. The summed E-state index contributed by atoms with van der Waals surface area (Å²) in [5.41, 5.74) is 11.4. The maximum Gasteiger partial charge on any atom is 0.318 e. The van der Waals surface area contributed by atoms with Gasteiger partial charge in [0.2, 0.25) is 47.3 Å². The smallest absolute Gasteiger partial charge is 0.318 e. The highest BCUT2D eigenvalue weighted by Gasteiger charge is 2.34. The topological polar surface area (TPSA) is 375 Å². The Morgan fingerprint density at radius 1 is 0.781 bits per heavy atom. The first kappa shape index (κ1) is 54.2. The molecule has 0 spiro atoms. The number of ether oxygens (including phenoxy) is 1. The van der Waals surface area contributed by atoms with E-state index >= 15 is 0 Å². The minimum Gasteiger partial charge on any atom is -0.394 e. The molecule has 14 N–H and O–H groups in total. The van der Waals surface area contributed by atoms with Crippen molar-refractivity contribution < 1.29 is 58.1 Å². The highest BCUT2D eigenvalue weighted by atomic mass is 16.5. The van der Waals surface area contributed by atoms with Gasteiger partial charge in [0, 0.05) is 59.2 Å². The number of carbonyl (C=O) groups excluding carboxylic acids is 9. The average Bonchev–Trinajstić information content (AvgIpc) is 3.78. The number of nitrogens with two attached hydrogens (primary N) is 2. The summed E-state index contributed by atoms with van der Waals surface area (Å²) in [6.45, 7) is 4.64. The Hall–Kier alpha value is -5.92. The highest BCUT2D eigenvalue weighted by molar-refractivity contribution is 5.97. The predicted molar refractivity (Wildman–Crippen MR) is 228 cm³/mol. The second kappa shape index (κ2) is 28.7. The fraction of sp³-hybridized carbons (Fsp3) is 0.692. The summed E-state index contributed by atoms with van der Waals surface area (Å²) < 4.78 is 5.28. The van der Waals surface area contributed by atoms with Crippen LogP contribution in [-0.4, -0.2) is 186 Å². The van der Waals surface area contributed by atoms with E-state index in [4.69, 9.17) is 16.2 Å². The zero-order chi connectivity index (χ0) is 47.8. The van der Waals surface area contributed by atoms with Crippen molar-refractivity contribution in [2.24, 2.45) is 17.4 Å². The number of aromatic amines is 1. The van der Waals surface area contributed by atoms with Crippen molar-refractivity contribution in [2.75, 3.05) is 66.2 Å². The molecular formula is C39H67N13O12. The van der Waals surface area contributed by atoms with E-state index in [0.29, 0.717) is 31.7 Å². The summed E-state index contributed by atoms with van der Waals surface area (Å²) in [5, 5.41) is 37.9. The Balaban J connectivity index is 2.20. The van der Waals surface area contributed by atoms with Crippen molar-refractivity contribution in [2.45, 2.75) is 102 Å². The normalized spacial score (nSPS) is 15.3. The average molecular weight is 910 g/mol. The third-order valence-corrected chi connectivity index (χ3v) is 10.0. The van der Waals surface area contributed by atoms with Crippen LogP contribution >= 0.6 is 0 Å². The van der Waals surface area contributed by atoms with Gasteiger partial charge in [-0.05, 0) is 44.6 Å². The van der Waals surface area contributed by atoms with Gasteiger partial charge in [0.1, 0.15) is 36.3 Å². The number of carbonyl (C=O) groups is 9. The number of rotatable bonds is 28. The van der Waals surface area contributed by atoms with E-state index < -0.39 is 96.8 Å². The number of imidazole rings is 1. The number of primary amides is 1. The van der Waals surface area contributed by atoms with E-state index in [2.05, 4.69) is 47.2 Å². The molecule has 1 fully saturated rings. The standard InChI is InChI=1S/C39H67N13O12/c1-23(2)17-28(35(59)46-27(8-9-32(41)56)33(57)43-11-12-51(4)24(3)55)47-34(58)26(7-5-6-10-40)45-37(61)30(20-53)49-38(62)31(21-54)48-36(60)29(18-25-19-42-22-44-25)50-39(63)52-13-15-64-16-14-52/h19,22-23,26-31,53-54H,5-18,20-21,40H2,1-4H3,(H2,41,56)(H,42,44)(H,43,57)(H,45,61)(H,46,59)(H,47,58)(H,48,60)(H,49,62)(H,50,63)/t26-,27?,28-,29-,30-,31-/m0/s1. The molecule has 25 nitrogen and oxygen atoms in total. The molecule has 0 aromatic carbocycles. The number of unbranched alkanes of at least 4 members (excludes halogenated alkanes) is 1. The Labute approximate surface area is 371 Å². The van der Waals surface area contributed by atoms with Gasteiger partial charge < -0.3 is 78.4 Å². The van der Waals surface area contributed by atoms with E-state index in [1.165, 1.54) is 29.2 Å². The monoisotopic (exact) mass is 910 g/mol. The lowest BCUT2D eigenvalue weighted by Gasteiger charge is -2.29. The van der Waals surface area contributed by atoms with Crippen molar-refractivity contribution in [3.8, 4) is 0 Å². The van der Waals surface area contributed by atoms with Crippen molar-refractivity contribution in [3.63, 3.8) is 0 Å². The van der Waals surface area contributed by atoms with Crippen LogP contribution < -0.4 is 48.7 Å². The van der Waals surface area contributed by atoms with Gasteiger partial charge in [-0.1, -0.05) is 13.8 Å². The zero-order valence-corrected chi connectivity index (χ0v) is 37.0. The Morgan fingerprint density at radius 3 is 1.83 bits per heavy atom. The van der Waals surface area contributed by atoms with E-state index in [-0.39, 0.29) is 76.7 Å². The summed E-state index contributed by atoms with van der Waals surface area (Å²) in [7, 11) is 1.54. The Kier molecular flexibility index (Phi) is 24.3. The summed E-state index contributed by atoms with van der Waals surface area (Å²) in [4.78, 5) is 127. The van der Waals surface area contributed by atoms with Crippen LogP contribution in [0.3, 0.4) is 0 Å². The van der Waals surface area contributed by atoms with Gasteiger partial charge >= 0.3 is 6.03 Å². The number of nitrogens with one attached hydrogen (secondary N) is 8. The number of morpholine rings is 1. The van der Waals surface area contributed by atoms with Crippen LogP contribution in [0.25, 0.3) is 0 Å². The number of aliphatic hydroxyl groups excluding tert-OH is 2. The van der Waals surface area contributed by atoms with Crippen LogP contribution in [0.4, 0.5) is 4.79 Å². The van der Waals surface area contributed by atoms with Crippen LogP contribution in [0.5, 0.6) is 0 Å². The quantitative estimate of drug-likeness (QED) is 0.0350. The largest absolute Gasteiger partial charge is 0.394 e. The molecule has 0 bridgehead atoms. The fourth-order valence-corrected chi connectivity index (χ4v) is 6.22. The van der Waals surface area contributed by atoms with Crippen LogP contribution in [0.2, 0.25) is 0 Å².